The van der Waals surface area contributed by atoms with Crippen molar-refractivity contribution in [3.8, 4) is 0 Å². The number of rotatable bonds is 5. The summed E-state index contributed by atoms with van der Waals surface area (Å²) in [5.41, 5.74) is -0.667. The second kappa shape index (κ2) is 6.39. The van der Waals surface area contributed by atoms with Crippen LogP contribution in [-0.2, 0) is 4.79 Å². The Morgan fingerprint density at radius 3 is 2.65 bits per heavy atom. The lowest BCUT2D eigenvalue weighted by molar-refractivity contribution is -0.146. The number of nitrogens with one attached hydrogen (secondary N) is 1. The van der Waals surface area contributed by atoms with Gasteiger partial charge < -0.3 is 5.11 Å². The average Bonchev–Trinajstić information content (AvgIpc) is 2.52. The minimum Gasteiger partial charge on any atom is -0.480 e. The second-order valence-electron chi connectivity index (χ2n) is 5.55. The van der Waals surface area contributed by atoms with Crippen molar-refractivity contribution in [3.63, 3.8) is 0 Å². The van der Waals surface area contributed by atoms with E-state index in [9.17, 15) is 9.90 Å². The summed E-state index contributed by atoms with van der Waals surface area (Å²) in [5.74, 6) is 0.0597. The minimum atomic E-state index is -0.667. The van der Waals surface area contributed by atoms with Gasteiger partial charge in [-0.05, 0) is 38.5 Å². The van der Waals surface area contributed by atoms with Gasteiger partial charge in [-0.1, -0.05) is 33.1 Å². The molecule has 0 saturated heterocycles. The Morgan fingerprint density at radius 1 is 1.41 bits per heavy atom. The maximum absolute atomic E-state index is 11.6. The summed E-state index contributed by atoms with van der Waals surface area (Å²) in [6, 6.07) is 0.282. The molecular weight excluding hydrogens is 214 g/mol. The fourth-order valence-corrected chi connectivity index (χ4v) is 2.81. The van der Waals surface area contributed by atoms with Gasteiger partial charge in [0.05, 0.1) is 0 Å². The molecule has 1 fully saturated rings. The van der Waals surface area contributed by atoms with Gasteiger partial charge in [-0.2, -0.15) is 0 Å². The number of carboxylic acids is 1. The van der Waals surface area contributed by atoms with E-state index in [4.69, 9.17) is 0 Å². The van der Waals surface area contributed by atoms with Crippen molar-refractivity contribution in [3.05, 3.63) is 0 Å². The Hall–Kier alpha value is -0.570. The number of hydrogen-bond acceptors (Lipinski definition) is 2. The van der Waals surface area contributed by atoms with Crippen molar-refractivity contribution < 1.29 is 9.90 Å². The van der Waals surface area contributed by atoms with Crippen LogP contribution in [0.5, 0.6) is 0 Å². The van der Waals surface area contributed by atoms with E-state index in [1.807, 2.05) is 0 Å². The lowest BCUT2D eigenvalue weighted by Gasteiger charge is -2.32. The lowest BCUT2D eigenvalue weighted by atomic mass is 9.88. The SMILES string of the molecule is CCC1CCCC(NC(C)CC)(C(=O)O)CC1. The predicted molar refractivity (Wildman–Crippen MR) is 70.1 cm³/mol. The molecule has 0 bridgehead atoms. The first kappa shape index (κ1) is 14.5. The van der Waals surface area contributed by atoms with E-state index in [1.165, 1.54) is 12.8 Å². The van der Waals surface area contributed by atoms with E-state index in [2.05, 4.69) is 26.1 Å². The Balaban J connectivity index is 2.74. The van der Waals surface area contributed by atoms with Crippen LogP contribution >= 0.6 is 0 Å². The van der Waals surface area contributed by atoms with Crippen LogP contribution in [0.4, 0.5) is 0 Å². The second-order valence-corrected chi connectivity index (χ2v) is 5.55. The van der Waals surface area contributed by atoms with Crippen LogP contribution in [0.1, 0.15) is 65.7 Å². The van der Waals surface area contributed by atoms with Gasteiger partial charge in [0.2, 0.25) is 0 Å². The largest absolute Gasteiger partial charge is 0.480 e. The summed E-state index contributed by atoms with van der Waals surface area (Å²) in [6.07, 6.45) is 6.99. The van der Waals surface area contributed by atoms with Crippen LogP contribution < -0.4 is 5.32 Å². The number of hydrogen-bond donors (Lipinski definition) is 2. The van der Waals surface area contributed by atoms with Gasteiger partial charge in [0.1, 0.15) is 5.54 Å². The minimum absolute atomic E-state index is 0.282. The number of carbonyl (C=O) groups is 1. The fraction of sp³-hybridized carbons (Fsp3) is 0.929. The summed E-state index contributed by atoms with van der Waals surface area (Å²) >= 11 is 0. The molecule has 0 heterocycles. The summed E-state index contributed by atoms with van der Waals surface area (Å²) < 4.78 is 0. The van der Waals surface area contributed by atoms with E-state index in [0.29, 0.717) is 0 Å². The highest BCUT2D eigenvalue weighted by molar-refractivity contribution is 5.78. The zero-order valence-electron chi connectivity index (χ0n) is 11.5. The molecule has 2 N–H and O–H groups in total. The molecule has 3 heteroatoms. The van der Waals surface area contributed by atoms with E-state index < -0.39 is 11.5 Å². The Labute approximate surface area is 105 Å². The summed E-state index contributed by atoms with van der Waals surface area (Å²) in [5, 5.41) is 12.9. The van der Waals surface area contributed by atoms with Gasteiger partial charge in [-0.15, -0.1) is 0 Å². The maximum Gasteiger partial charge on any atom is 0.323 e. The Bertz CT molecular complexity index is 255. The summed E-state index contributed by atoms with van der Waals surface area (Å²) in [4.78, 5) is 11.6. The van der Waals surface area contributed by atoms with Gasteiger partial charge in [0.15, 0.2) is 0 Å². The first-order valence-corrected chi connectivity index (χ1v) is 7.05. The zero-order valence-corrected chi connectivity index (χ0v) is 11.5. The van der Waals surface area contributed by atoms with Crippen LogP contribution in [-0.4, -0.2) is 22.7 Å². The lowest BCUT2D eigenvalue weighted by Crippen LogP contribution is -2.55. The topological polar surface area (TPSA) is 49.3 Å². The molecule has 100 valence electrons. The average molecular weight is 241 g/mol. The monoisotopic (exact) mass is 241 g/mol. The van der Waals surface area contributed by atoms with Crippen LogP contribution in [0.25, 0.3) is 0 Å². The molecule has 3 atom stereocenters. The van der Waals surface area contributed by atoms with Crippen molar-refractivity contribution in [2.45, 2.75) is 77.3 Å². The fourth-order valence-electron chi connectivity index (χ4n) is 2.81. The molecule has 0 radical (unpaired) electrons. The van der Waals surface area contributed by atoms with Crippen LogP contribution in [0.15, 0.2) is 0 Å². The van der Waals surface area contributed by atoms with Gasteiger partial charge >= 0.3 is 5.97 Å². The smallest absolute Gasteiger partial charge is 0.323 e. The highest BCUT2D eigenvalue weighted by Gasteiger charge is 2.40. The molecule has 1 saturated carbocycles. The molecule has 0 amide bonds. The third-order valence-electron chi connectivity index (χ3n) is 4.32. The van der Waals surface area contributed by atoms with E-state index in [-0.39, 0.29) is 6.04 Å². The van der Waals surface area contributed by atoms with Gasteiger partial charge in [0.25, 0.3) is 0 Å². The highest BCUT2D eigenvalue weighted by Crippen LogP contribution is 2.32. The molecule has 1 rings (SSSR count). The number of carboxylic acid groups (broad SMARTS) is 1. The van der Waals surface area contributed by atoms with Gasteiger partial charge in [0, 0.05) is 6.04 Å². The third kappa shape index (κ3) is 3.70. The van der Waals surface area contributed by atoms with Crippen molar-refractivity contribution in [2.24, 2.45) is 5.92 Å². The molecule has 0 aromatic rings. The van der Waals surface area contributed by atoms with Crippen molar-refractivity contribution in [1.82, 2.24) is 5.32 Å². The normalized spacial score (nSPS) is 31.8. The molecule has 17 heavy (non-hydrogen) atoms. The molecule has 0 aliphatic heterocycles. The first-order valence-electron chi connectivity index (χ1n) is 7.05. The molecule has 0 aromatic heterocycles. The Morgan fingerprint density at radius 2 is 2.12 bits per heavy atom. The molecule has 0 spiro atoms. The molecular formula is C14H27NO2. The molecule has 3 nitrogen and oxygen atoms in total. The third-order valence-corrected chi connectivity index (χ3v) is 4.32. The predicted octanol–water partition coefficient (Wildman–Crippen LogP) is 3.19. The molecule has 3 unspecified atom stereocenters. The van der Waals surface area contributed by atoms with E-state index >= 15 is 0 Å². The first-order chi connectivity index (χ1) is 8.04. The maximum atomic E-state index is 11.6. The quantitative estimate of drug-likeness (QED) is 0.727. The molecule has 1 aliphatic rings. The highest BCUT2D eigenvalue weighted by atomic mass is 16.4. The Kier molecular flexibility index (Phi) is 5.44. The van der Waals surface area contributed by atoms with Crippen molar-refractivity contribution in [1.29, 1.82) is 0 Å². The van der Waals surface area contributed by atoms with Gasteiger partial charge in [-0.25, -0.2) is 0 Å². The van der Waals surface area contributed by atoms with Crippen LogP contribution in [0, 0.1) is 5.92 Å². The summed E-state index contributed by atoms with van der Waals surface area (Å²) in [6.45, 7) is 6.38. The molecule has 1 aliphatic carbocycles. The molecule has 0 aromatic carbocycles. The standard InChI is InChI=1S/C14H27NO2/c1-4-11(3)15-14(13(16)17)9-6-7-12(5-2)8-10-14/h11-12,15H,4-10H2,1-3H3,(H,16,17). The zero-order chi connectivity index (χ0) is 12.9. The van der Waals surface area contributed by atoms with Crippen molar-refractivity contribution >= 4 is 5.97 Å². The number of aliphatic carboxylic acids is 1. The van der Waals surface area contributed by atoms with Gasteiger partial charge in [-0.3, -0.25) is 10.1 Å². The van der Waals surface area contributed by atoms with Crippen LogP contribution in [0.2, 0.25) is 0 Å². The van der Waals surface area contributed by atoms with Crippen LogP contribution in [0.3, 0.4) is 0 Å². The van der Waals surface area contributed by atoms with E-state index in [1.54, 1.807) is 0 Å². The summed E-state index contributed by atoms with van der Waals surface area (Å²) in [7, 11) is 0. The van der Waals surface area contributed by atoms with E-state index in [0.717, 1.165) is 38.0 Å². The van der Waals surface area contributed by atoms with Crippen molar-refractivity contribution in [2.75, 3.05) is 0 Å².